The molecule has 1 nitrogen and oxygen atoms in total. The van der Waals surface area contributed by atoms with Gasteiger partial charge in [-0.2, -0.15) is 0 Å². The first-order valence-corrected chi connectivity index (χ1v) is 5.52. The third-order valence-electron chi connectivity index (χ3n) is 4.10. The Balaban J connectivity index is 1.95. The fourth-order valence-corrected chi connectivity index (χ4v) is 3.25. The summed E-state index contributed by atoms with van der Waals surface area (Å²) in [5.74, 6) is 1.07. The molecule has 0 saturated heterocycles. The van der Waals surface area contributed by atoms with Crippen molar-refractivity contribution in [2.75, 3.05) is 13.6 Å². The van der Waals surface area contributed by atoms with Crippen LogP contribution in [0.5, 0.6) is 0 Å². The van der Waals surface area contributed by atoms with Gasteiger partial charge in [-0.05, 0) is 44.1 Å². The van der Waals surface area contributed by atoms with Crippen LogP contribution in [0.25, 0.3) is 0 Å². The standard InChI is InChI=1S/C11H21N/c1-12-9-11(7-4-8-11)10-5-2-3-6-10/h10,12H,2-9H2,1H3. The molecule has 0 heterocycles. The van der Waals surface area contributed by atoms with E-state index in [0.29, 0.717) is 0 Å². The smallest absolute Gasteiger partial charge is 0.000746 e. The first kappa shape index (κ1) is 8.55. The van der Waals surface area contributed by atoms with Crippen molar-refractivity contribution < 1.29 is 0 Å². The fraction of sp³-hybridized carbons (Fsp3) is 1.00. The highest BCUT2D eigenvalue weighted by Crippen LogP contribution is 2.52. The molecule has 0 atom stereocenters. The van der Waals surface area contributed by atoms with Crippen molar-refractivity contribution in [1.29, 1.82) is 0 Å². The molecule has 70 valence electrons. The molecule has 2 rings (SSSR count). The van der Waals surface area contributed by atoms with E-state index < -0.39 is 0 Å². The van der Waals surface area contributed by atoms with Crippen molar-refractivity contribution in [1.82, 2.24) is 5.32 Å². The van der Waals surface area contributed by atoms with Gasteiger partial charge in [0.1, 0.15) is 0 Å². The van der Waals surface area contributed by atoms with E-state index in [1.54, 1.807) is 0 Å². The normalized spacial score (nSPS) is 28.8. The lowest BCUT2D eigenvalue weighted by atomic mass is 9.60. The van der Waals surface area contributed by atoms with Gasteiger partial charge in [0.15, 0.2) is 0 Å². The van der Waals surface area contributed by atoms with Gasteiger partial charge in [-0.1, -0.05) is 19.3 Å². The third-order valence-corrected chi connectivity index (χ3v) is 4.10. The maximum Gasteiger partial charge on any atom is 0.000746 e. The molecule has 0 aromatic carbocycles. The summed E-state index contributed by atoms with van der Waals surface area (Å²) in [7, 11) is 2.11. The van der Waals surface area contributed by atoms with Gasteiger partial charge in [0, 0.05) is 6.54 Å². The van der Waals surface area contributed by atoms with Crippen LogP contribution in [0.4, 0.5) is 0 Å². The minimum Gasteiger partial charge on any atom is -0.319 e. The third kappa shape index (κ3) is 1.28. The zero-order valence-electron chi connectivity index (χ0n) is 8.23. The van der Waals surface area contributed by atoms with Crippen LogP contribution in [0.15, 0.2) is 0 Å². The van der Waals surface area contributed by atoms with E-state index in [0.717, 1.165) is 11.3 Å². The molecule has 0 bridgehead atoms. The number of hydrogen-bond acceptors (Lipinski definition) is 1. The van der Waals surface area contributed by atoms with Crippen molar-refractivity contribution in [3.63, 3.8) is 0 Å². The van der Waals surface area contributed by atoms with Crippen LogP contribution >= 0.6 is 0 Å². The van der Waals surface area contributed by atoms with Gasteiger partial charge in [0.2, 0.25) is 0 Å². The van der Waals surface area contributed by atoms with Crippen LogP contribution < -0.4 is 5.32 Å². The van der Waals surface area contributed by atoms with E-state index in [-0.39, 0.29) is 0 Å². The van der Waals surface area contributed by atoms with Crippen LogP contribution in [-0.2, 0) is 0 Å². The van der Waals surface area contributed by atoms with Gasteiger partial charge >= 0.3 is 0 Å². The van der Waals surface area contributed by atoms with E-state index >= 15 is 0 Å². The molecule has 2 fully saturated rings. The first-order chi connectivity index (χ1) is 5.87. The monoisotopic (exact) mass is 167 g/mol. The molecule has 0 unspecified atom stereocenters. The lowest BCUT2D eigenvalue weighted by molar-refractivity contribution is 0.0539. The van der Waals surface area contributed by atoms with Crippen molar-refractivity contribution >= 4 is 0 Å². The lowest BCUT2D eigenvalue weighted by Crippen LogP contribution is -2.43. The van der Waals surface area contributed by atoms with E-state index in [4.69, 9.17) is 0 Å². The Morgan fingerprint density at radius 2 is 1.83 bits per heavy atom. The maximum atomic E-state index is 3.39. The molecule has 2 aliphatic carbocycles. The molecule has 1 N–H and O–H groups in total. The molecule has 0 aromatic heterocycles. The highest BCUT2D eigenvalue weighted by atomic mass is 14.8. The van der Waals surface area contributed by atoms with Crippen LogP contribution in [0.3, 0.4) is 0 Å². The van der Waals surface area contributed by atoms with Crippen LogP contribution in [0, 0.1) is 11.3 Å². The molecular formula is C11H21N. The van der Waals surface area contributed by atoms with E-state index in [1.807, 2.05) is 0 Å². The summed E-state index contributed by atoms with van der Waals surface area (Å²) in [5, 5.41) is 3.39. The van der Waals surface area contributed by atoms with Crippen molar-refractivity contribution in [3.05, 3.63) is 0 Å². The molecule has 0 amide bonds. The Morgan fingerprint density at radius 1 is 1.17 bits per heavy atom. The number of nitrogens with one attached hydrogen (secondary N) is 1. The average Bonchev–Trinajstić information content (AvgIpc) is 2.48. The lowest BCUT2D eigenvalue weighted by Gasteiger charge is -2.47. The van der Waals surface area contributed by atoms with E-state index in [2.05, 4.69) is 12.4 Å². The summed E-state index contributed by atoms with van der Waals surface area (Å²) in [6.45, 7) is 1.28. The molecule has 0 radical (unpaired) electrons. The molecule has 0 spiro atoms. The molecule has 12 heavy (non-hydrogen) atoms. The first-order valence-electron chi connectivity index (χ1n) is 5.52. The summed E-state index contributed by atoms with van der Waals surface area (Å²) >= 11 is 0. The minimum atomic E-state index is 0.741. The van der Waals surface area contributed by atoms with E-state index in [1.165, 1.54) is 51.5 Å². The molecule has 0 aromatic rings. The summed E-state index contributed by atoms with van der Waals surface area (Å²) in [5.41, 5.74) is 0.741. The highest BCUT2D eigenvalue weighted by molar-refractivity contribution is 4.96. The number of hydrogen-bond donors (Lipinski definition) is 1. The van der Waals surface area contributed by atoms with Crippen LogP contribution in [0.2, 0.25) is 0 Å². The highest BCUT2D eigenvalue weighted by Gasteiger charge is 2.43. The minimum absolute atomic E-state index is 0.741. The topological polar surface area (TPSA) is 12.0 Å². The summed E-state index contributed by atoms with van der Waals surface area (Å²) in [6, 6.07) is 0. The average molecular weight is 167 g/mol. The summed E-state index contributed by atoms with van der Waals surface area (Å²) in [6.07, 6.45) is 10.5. The molecule has 0 aliphatic heterocycles. The zero-order chi connectivity index (χ0) is 8.44. The van der Waals surface area contributed by atoms with Gasteiger partial charge in [0.05, 0.1) is 0 Å². The molecule has 1 heteroatoms. The van der Waals surface area contributed by atoms with Gasteiger partial charge in [-0.25, -0.2) is 0 Å². The molecule has 2 saturated carbocycles. The Kier molecular flexibility index (Phi) is 2.40. The summed E-state index contributed by atoms with van der Waals surface area (Å²) < 4.78 is 0. The Hall–Kier alpha value is -0.0400. The second kappa shape index (κ2) is 3.37. The van der Waals surface area contributed by atoms with Gasteiger partial charge in [-0.3, -0.25) is 0 Å². The van der Waals surface area contributed by atoms with Gasteiger partial charge in [0.25, 0.3) is 0 Å². The van der Waals surface area contributed by atoms with Gasteiger partial charge in [-0.15, -0.1) is 0 Å². The predicted octanol–water partition coefficient (Wildman–Crippen LogP) is 2.57. The van der Waals surface area contributed by atoms with Crippen molar-refractivity contribution in [2.24, 2.45) is 11.3 Å². The van der Waals surface area contributed by atoms with Crippen molar-refractivity contribution in [2.45, 2.75) is 44.9 Å². The van der Waals surface area contributed by atoms with Crippen LogP contribution in [0.1, 0.15) is 44.9 Å². The summed E-state index contributed by atoms with van der Waals surface area (Å²) in [4.78, 5) is 0. The van der Waals surface area contributed by atoms with Crippen LogP contribution in [-0.4, -0.2) is 13.6 Å². The van der Waals surface area contributed by atoms with Gasteiger partial charge < -0.3 is 5.32 Å². The Morgan fingerprint density at radius 3 is 2.25 bits per heavy atom. The fourth-order valence-electron chi connectivity index (χ4n) is 3.25. The Bertz CT molecular complexity index is 143. The quantitative estimate of drug-likeness (QED) is 0.681. The Labute approximate surface area is 75.9 Å². The predicted molar refractivity (Wildman–Crippen MR) is 52.2 cm³/mol. The maximum absolute atomic E-state index is 3.39. The largest absolute Gasteiger partial charge is 0.319 e. The molecular weight excluding hydrogens is 146 g/mol. The zero-order valence-corrected chi connectivity index (χ0v) is 8.23. The number of rotatable bonds is 3. The second-order valence-corrected chi connectivity index (χ2v) is 4.73. The molecule has 2 aliphatic rings. The van der Waals surface area contributed by atoms with E-state index in [9.17, 15) is 0 Å². The SMILES string of the molecule is CNCC1(C2CCCC2)CCC1. The second-order valence-electron chi connectivity index (χ2n) is 4.73. The van der Waals surface area contributed by atoms with Crippen molar-refractivity contribution in [3.8, 4) is 0 Å².